The Morgan fingerprint density at radius 1 is 0.400 bits per heavy atom. The van der Waals surface area contributed by atoms with Crippen LogP contribution in [0.5, 0.6) is 0 Å². The lowest BCUT2D eigenvalue weighted by Gasteiger charge is -2.14. The van der Waals surface area contributed by atoms with Crippen molar-refractivity contribution in [1.82, 2.24) is 14.5 Å². The Kier molecular flexibility index (Phi) is 5.57. The van der Waals surface area contributed by atoms with E-state index in [0.29, 0.717) is 17.2 Å². The highest BCUT2D eigenvalue weighted by Crippen LogP contribution is 2.46. The van der Waals surface area contributed by atoms with E-state index in [1.807, 2.05) is 30.3 Å². The van der Waals surface area contributed by atoms with Crippen LogP contribution in [0.15, 0.2) is 173 Å². The summed E-state index contributed by atoms with van der Waals surface area (Å²) in [5, 5.41) is 15.1. The lowest BCUT2D eigenvalue weighted by Crippen LogP contribution is -2.03. The molecule has 4 aromatic heterocycles. The molecule has 0 N–H and O–H groups in total. The molecule has 9 aromatic carbocycles. The van der Waals surface area contributed by atoms with E-state index >= 15 is 0 Å². The van der Waals surface area contributed by atoms with Gasteiger partial charge in [-0.15, -0.1) is 0 Å². The van der Waals surface area contributed by atoms with E-state index in [9.17, 15) is 0 Å². The molecule has 254 valence electrons. The maximum absolute atomic E-state index is 6.65. The van der Waals surface area contributed by atoms with Gasteiger partial charge in [0.2, 0.25) is 5.71 Å². The van der Waals surface area contributed by atoms with Crippen LogP contribution >= 0.6 is 0 Å². The van der Waals surface area contributed by atoms with Crippen molar-refractivity contribution in [2.45, 2.75) is 0 Å². The highest BCUT2D eigenvalue weighted by Gasteiger charge is 2.26. The number of rotatable bonds is 2. The topological polar surface area (TPSA) is 57.0 Å². The summed E-state index contributed by atoms with van der Waals surface area (Å²) in [6, 6.07) is 57.9. The van der Waals surface area contributed by atoms with Gasteiger partial charge in [0.15, 0.2) is 5.82 Å². The molecule has 0 aliphatic rings. The largest absolute Gasteiger partial charge is 0.455 e. The van der Waals surface area contributed by atoms with Gasteiger partial charge in [0.05, 0.1) is 11.0 Å². The summed E-state index contributed by atoms with van der Waals surface area (Å²) < 4.78 is 15.4. The fourth-order valence-electron chi connectivity index (χ4n) is 9.20. The standard InChI is InChI=1S/C50H27N3O2/c1-2-13-29-27-41-39(26-28(29)12-1)45-40(25-24-35-32-16-4-3-14-30(32)31-15-5-6-18-34(31)44(35)45)53(41)49-46(52-50-47(51-49)37-19-8-10-23-43(37)55-50)38-21-11-20-36-33-17-7-9-22-42(33)54-48(36)38/h1-27H. The number of nitrogens with zero attached hydrogens (tertiary/aromatic N) is 3. The minimum Gasteiger partial charge on any atom is -0.455 e. The molecule has 4 heterocycles. The second-order valence-corrected chi connectivity index (χ2v) is 14.5. The summed E-state index contributed by atoms with van der Waals surface area (Å²) in [6.45, 7) is 0. The van der Waals surface area contributed by atoms with Crippen LogP contribution in [0.25, 0.3) is 126 Å². The minimum atomic E-state index is 0.488. The first-order valence-corrected chi connectivity index (χ1v) is 18.6. The fourth-order valence-corrected chi connectivity index (χ4v) is 9.20. The Labute approximate surface area is 312 Å². The quantitative estimate of drug-likeness (QED) is 0.168. The van der Waals surface area contributed by atoms with Crippen molar-refractivity contribution in [1.29, 1.82) is 0 Å². The third kappa shape index (κ3) is 3.86. The average molecular weight is 702 g/mol. The zero-order valence-corrected chi connectivity index (χ0v) is 29.2. The third-order valence-electron chi connectivity index (χ3n) is 11.6. The lowest BCUT2D eigenvalue weighted by molar-refractivity contribution is 0.652. The molecule has 0 unspecified atom stereocenters. The van der Waals surface area contributed by atoms with Crippen molar-refractivity contribution < 1.29 is 8.83 Å². The van der Waals surface area contributed by atoms with Crippen molar-refractivity contribution in [3.8, 4) is 17.1 Å². The molecule has 55 heavy (non-hydrogen) atoms. The van der Waals surface area contributed by atoms with Gasteiger partial charge in [0.25, 0.3) is 0 Å². The second kappa shape index (κ2) is 10.6. The smallest absolute Gasteiger partial charge is 0.247 e. The monoisotopic (exact) mass is 701 g/mol. The van der Waals surface area contributed by atoms with Gasteiger partial charge in [-0.25, -0.2) is 9.97 Å². The van der Waals surface area contributed by atoms with E-state index in [1.54, 1.807) is 0 Å². The Balaban J connectivity index is 1.27. The number of aromatic nitrogens is 3. The van der Waals surface area contributed by atoms with Gasteiger partial charge >= 0.3 is 0 Å². The van der Waals surface area contributed by atoms with Gasteiger partial charge in [-0.2, -0.15) is 0 Å². The minimum absolute atomic E-state index is 0.488. The van der Waals surface area contributed by atoms with Crippen LogP contribution in [-0.2, 0) is 0 Å². The predicted octanol–water partition coefficient (Wildman–Crippen LogP) is 13.7. The summed E-state index contributed by atoms with van der Waals surface area (Å²) >= 11 is 0. The Morgan fingerprint density at radius 3 is 1.78 bits per heavy atom. The van der Waals surface area contributed by atoms with Gasteiger partial charge in [-0.05, 0) is 80.2 Å². The zero-order chi connectivity index (χ0) is 35.8. The molecule has 0 radical (unpaired) electrons. The average Bonchev–Trinajstić information content (AvgIpc) is 3.91. The van der Waals surface area contributed by atoms with Crippen LogP contribution in [0, 0.1) is 0 Å². The Hall–Kier alpha value is -7.50. The van der Waals surface area contributed by atoms with E-state index in [0.717, 1.165) is 65.8 Å². The third-order valence-corrected chi connectivity index (χ3v) is 11.6. The van der Waals surface area contributed by atoms with E-state index < -0.39 is 0 Å². The normalized spacial score (nSPS) is 12.4. The van der Waals surface area contributed by atoms with Gasteiger partial charge in [-0.1, -0.05) is 121 Å². The Bertz CT molecular complexity index is 3760. The lowest BCUT2D eigenvalue weighted by atomic mass is 9.91. The first kappa shape index (κ1) is 29.0. The number of hydrogen-bond donors (Lipinski definition) is 0. The molecule has 0 bridgehead atoms. The van der Waals surface area contributed by atoms with Gasteiger partial charge in [0.1, 0.15) is 28.0 Å². The molecule has 0 saturated heterocycles. The summed E-state index contributed by atoms with van der Waals surface area (Å²) in [5.74, 6) is 0.715. The molecule has 0 saturated carbocycles. The predicted molar refractivity (Wildman–Crippen MR) is 226 cm³/mol. The van der Waals surface area contributed by atoms with Crippen LogP contribution in [0.3, 0.4) is 0 Å². The summed E-state index contributed by atoms with van der Waals surface area (Å²) in [6.07, 6.45) is 0. The number of fused-ring (bicyclic) bond motifs is 17. The van der Waals surface area contributed by atoms with Crippen molar-refractivity contribution in [2.24, 2.45) is 0 Å². The van der Waals surface area contributed by atoms with Crippen molar-refractivity contribution in [2.75, 3.05) is 0 Å². The number of furan rings is 2. The molecule has 0 aliphatic heterocycles. The highest BCUT2D eigenvalue weighted by molar-refractivity contribution is 6.36. The molecule has 0 fully saturated rings. The van der Waals surface area contributed by atoms with Gasteiger partial charge in [-0.3, -0.25) is 4.57 Å². The summed E-state index contributed by atoms with van der Waals surface area (Å²) in [4.78, 5) is 11.0. The second-order valence-electron chi connectivity index (χ2n) is 14.5. The molecule has 0 atom stereocenters. The maximum Gasteiger partial charge on any atom is 0.247 e. The highest BCUT2D eigenvalue weighted by atomic mass is 16.3. The molecule has 13 aromatic rings. The molecular weight excluding hydrogens is 675 g/mol. The van der Waals surface area contributed by atoms with E-state index in [4.69, 9.17) is 18.8 Å². The van der Waals surface area contributed by atoms with Crippen LogP contribution < -0.4 is 0 Å². The van der Waals surface area contributed by atoms with Crippen molar-refractivity contribution in [3.05, 3.63) is 164 Å². The molecule has 0 aliphatic carbocycles. The van der Waals surface area contributed by atoms with Gasteiger partial charge in [0, 0.05) is 37.9 Å². The number of para-hydroxylation sites is 3. The van der Waals surface area contributed by atoms with E-state index in [1.165, 1.54) is 43.1 Å². The molecular formula is C50H27N3O2. The molecule has 0 spiro atoms. The Morgan fingerprint density at radius 2 is 1.00 bits per heavy atom. The first-order valence-electron chi connectivity index (χ1n) is 18.6. The number of hydrogen-bond acceptors (Lipinski definition) is 4. The van der Waals surface area contributed by atoms with Gasteiger partial charge < -0.3 is 8.83 Å². The van der Waals surface area contributed by atoms with Crippen molar-refractivity contribution in [3.63, 3.8) is 0 Å². The summed E-state index contributed by atoms with van der Waals surface area (Å²) in [7, 11) is 0. The van der Waals surface area contributed by atoms with Crippen LogP contribution in [-0.4, -0.2) is 14.5 Å². The maximum atomic E-state index is 6.65. The summed E-state index contributed by atoms with van der Waals surface area (Å²) in [5.41, 5.74) is 7.21. The van der Waals surface area contributed by atoms with Crippen LogP contribution in [0.2, 0.25) is 0 Å². The van der Waals surface area contributed by atoms with E-state index in [-0.39, 0.29) is 0 Å². The SMILES string of the molecule is c1ccc2cc3c(cc2c1)c1c2c4ccccc4c4ccccc4c2ccc1n3-c1nc2c(nc1-c1cccc3c1oc1ccccc13)oc1ccccc12. The fraction of sp³-hybridized carbons (Fsp3) is 0. The first-order chi connectivity index (χ1) is 27.3. The van der Waals surface area contributed by atoms with Crippen molar-refractivity contribution >= 4 is 109 Å². The van der Waals surface area contributed by atoms with Crippen LogP contribution in [0.1, 0.15) is 0 Å². The van der Waals surface area contributed by atoms with E-state index in [2.05, 4.69) is 138 Å². The molecule has 5 nitrogen and oxygen atoms in total. The number of benzene rings is 9. The van der Waals surface area contributed by atoms with Crippen LogP contribution in [0.4, 0.5) is 0 Å². The molecule has 5 heteroatoms. The molecule has 0 amide bonds. The molecule has 13 rings (SSSR count). The zero-order valence-electron chi connectivity index (χ0n) is 29.2.